The van der Waals surface area contributed by atoms with Gasteiger partial charge in [0, 0.05) is 18.8 Å². The SMILES string of the molecule is Cn1cccc(C(=O)NC[C@](O)(c2ccoc2)c2ccco2)c1=O. The lowest BCUT2D eigenvalue weighted by Gasteiger charge is -2.25. The van der Waals surface area contributed by atoms with Gasteiger partial charge in [-0.1, -0.05) is 0 Å². The molecule has 3 aromatic rings. The summed E-state index contributed by atoms with van der Waals surface area (Å²) in [6, 6.07) is 7.85. The minimum absolute atomic E-state index is 0.00557. The molecule has 0 aliphatic heterocycles. The van der Waals surface area contributed by atoms with E-state index >= 15 is 0 Å². The molecule has 7 heteroatoms. The minimum Gasteiger partial charge on any atom is -0.472 e. The highest BCUT2D eigenvalue weighted by atomic mass is 16.4. The van der Waals surface area contributed by atoms with Gasteiger partial charge in [-0.3, -0.25) is 9.59 Å². The van der Waals surface area contributed by atoms with E-state index in [1.807, 2.05) is 0 Å². The molecule has 24 heavy (non-hydrogen) atoms. The lowest BCUT2D eigenvalue weighted by atomic mass is 9.93. The number of amides is 1. The number of carbonyl (C=O) groups is 1. The topological polar surface area (TPSA) is 97.6 Å². The summed E-state index contributed by atoms with van der Waals surface area (Å²) in [6.07, 6.45) is 5.77. The maximum atomic E-state index is 12.3. The van der Waals surface area contributed by atoms with Gasteiger partial charge in [0.2, 0.25) is 0 Å². The molecular weight excluding hydrogens is 312 g/mol. The highest BCUT2D eigenvalue weighted by Crippen LogP contribution is 2.29. The Morgan fingerprint density at radius 3 is 2.79 bits per heavy atom. The monoisotopic (exact) mass is 328 g/mol. The summed E-state index contributed by atoms with van der Waals surface area (Å²) in [6.45, 7) is -0.184. The van der Waals surface area contributed by atoms with Crippen LogP contribution in [-0.2, 0) is 12.6 Å². The molecule has 0 fully saturated rings. The quantitative estimate of drug-likeness (QED) is 0.734. The second kappa shape index (κ2) is 6.21. The van der Waals surface area contributed by atoms with E-state index in [4.69, 9.17) is 8.83 Å². The smallest absolute Gasteiger partial charge is 0.263 e. The van der Waals surface area contributed by atoms with Crippen LogP contribution in [0.3, 0.4) is 0 Å². The predicted octanol–water partition coefficient (Wildman–Crippen LogP) is 1.24. The molecule has 3 rings (SSSR count). The number of rotatable bonds is 5. The van der Waals surface area contributed by atoms with Gasteiger partial charge in [-0.25, -0.2) is 0 Å². The van der Waals surface area contributed by atoms with E-state index < -0.39 is 17.1 Å². The van der Waals surface area contributed by atoms with Crippen molar-refractivity contribution in [1.82, 2.24) is 9.88 Å². The minimum atomic E-state index is -1.60. The maximum absolute atomic E-state index is 12.3. The number of aliphatic hydroxyl groups is 1. The average molecular weight is 328 g/mol. The summed E-state index contributed by atoms with van der Waals surface area (Å²) < 4.78 is 11.6. The van der Waals surface area contributed by atoms with Gasteiger partial charge in [0.15, 0.2) is 5.60 Å². The summed E-state index contributed by atoms with van der Waals surface area (Å²) >= 11 is 0. The van der Waals surface area contributed by atoms with Gasteiger partial charge >= 0.3 is 0 Å². The van der Waals surface area contributed by atoms with Crippen molar-refractivity contribution in [1.29, 1.82) is 0 Å². The first-order valence-electron chi connectivity index (χ1n) is 7.25. The third-order valence-corrected chi connectivity index (χ3v) is 3.80. The number of aryl methyl sites for hydroxylation is 1. The second-order valence-corrected chi connectivity index (χ2v) is 5.37. The molecule has 0 saturated carbocycles. The molecule has 0 bridgehead atoms. The molecule has 0 aromatic carbocycles. The molecule has 3 heterocycles. The molecule has 0 aliphatic rings. The van der Waals surface area contributed by atoms with Gasteiger partial charge in [-0.15, -0.1) is 0 Å². The molecule has 124 valence electrons. The first-order valence-corrected chi connectivity index (χ1v) is 7.25. The highest BCUT2D eigenvalue weighted by molar-refractivity contribution is 5.93. The number of pyridine rings is 1. The van der Waals surface area contributed by atoms with Crippen molar-refractivity contribution in [3.05, 3.63) is 82.6 Å². The third kappa shape index (κ3) is 2.77. The predicted molar refractivity (Wildman–Crippen MR) is 84.4 cm³/mol. The van der Waals surface area contributed by atoms with Gasteiger partial charge in [-0.05, 0) is 30.3 Å². The van der Waals surface area contributed by atoms with Crippen LogP contribution in [0.25, 0.3) is 0 Å². The fourth-order valence-corrected chi connectivity index (χ4v) is 2.42. The van der Waals surface area contributed by atoms with Gasteiger partial charge in [0.25, 0.3) is 11.5 Å². The fourth-order valence-electron chi connectivity index (χ4n) is 2.42. The first-order chi connectivity index (χ1) is 11.5. The van der Waals surface area contributed by atoms with Crippen LogP contribution in [0.1, 0.15) is 21.7 Å². The Bertz CT molecular complexity index is 844. The number of nitrogens with zero attached hydrogens (tertiary/aromatic N) is 1. The lowest BCUT2D eigenvalue weighted by Crippen LogP contribution is -2.42. The second-order valence-electron chi connectivity index (χ2n) is 5.37. The Morgan fingerprint density at radius 1 is 1.29 bits per heavy atom. The number of furan rings is 2. The van der Waals surface area contributed by atoms with Crippen molar-refractivity contribution in [3.63, 3.8) is 0 Å². The third-order valence-electron chi connectivity index (χ3n) is 3.80. The van der Waals surface area contributed by atoms with Crippen LogP contribution in [-0.4, -0.2) is 22.1 Å². The zero-order valence-corrected chi connectivity index (χ0v) is 12.9. The Morgan fingerprint density at radius 2 is 2.12 bits per heavy atom. The number of nitrogens with one attached hydrogen (secondary N) is 1. The van der Waals surface area contributed by atoms with Crippen molar-refractivity contribution < 1.29 is 18.7 Å². The van der Waals surface area contributed by atoms with Crippen molar-refractivity contribution in [3.8, 4) is 0 Å². The van der Waals surface area contributed by atoms with Crippen LogP contribution in [0.15, 0.2) is 68.9 Å². The molecule has 0 spiro atoms. The van der Waals surface area contributed by atoms with Crippen molar-refractivity contribution in [2.45, 2.75) is 5.60 Å². The van der Waals surface area contributed by atoms with E-state index in [0.717, 1.165) is 0 Å². The summed E-state index contributed by atoms with van der Waals surface area (Å²) in [7, 11) is 1.56. The first kappa shape index (κ1) is 15.8. The summed E-state index contributed by atoms with van der Waals surface area (Å²) in [5.41, 5.74) is -1.60. The standard InChI is InChI=1S/C17H16N2O5/c1-19-7-2-4-13(16(19)21)15(20)18-11-17(22,12-6-9-23-10-12)14-5-3-8-24-14/h2-10,22H,11H2,1H3,(H,18,20)/t17-/m0/s1. The van der Waals surface area contributed by atoms with Crippen molar-refractivity contribution >= 4 is 5.91 Å². The van der Waals surface area contributed by atoms with Crippen LogP contribution in [0.5, 0.6) is 0 Å². The fraction of sp³-hybridized carbons (Fsp3) is 0.176. The number of aromatic nitrogens is 1. The molecule has 7 nitrogen and oxygen atoms in total. The van der Waals surface area contributed by atoms with Gasteiger partial charge < -0.3 is 23.8 Å². The molecule has 0 unspecified atom stereocenters. The largest absolute Gasteiger partial charge is 0.472 e. The molecule has 0 radical (unpaired) electrons. The van der Waals surface area contributed by atoms with Gasteiger partial charge in [0.1, 0.15) is 11.3 Å². The normalized spacial score (nSPS) is 13.4. The van der Waals surface area contributed by atoms with Crippen LogP contribution in [0.4, 0.5) is 0 Å². The number of hydrogen-bond donors (Lipinski definition) is 2. The number of carbonyl (C=O) groups excluding carboxylic acids is 1. The van der Waals surface area contributed by atoms with Gasteiger partial charge in [0.05, 0.1) is 25.3 Å². The maximum Gasteiger partial charge on any atom is 0.263 e. The van der Waals surface area contributed by atoms with Crippen molar-refractivity contribution in [2.75, 3.05) is 6.54 Å². The molecular formula is C17H16N2O5. The lowest BCUT2D eigenvalue weighted by molar-refractivity contribution is 0.0519. The molecule has 3 aromatic heterocycles. The Labute approximate surface area is 137 Å². The molecule has 1 amide bonds. The summed E-state index contributed by atoms with van der Waals surface area (Å²) in [4.78, 5) is 24.3. The van der Waals surface area contributed by atoms with Gasteiger partial charge in [-0.2, -0.15) is 0 Å². The molecule has 1 atom stereocenters. The van der Waals surface area contributed by atoms with E-state index in [2.05, 4.69) is 5.32 Å². The highest BCUT2D eigenvalue weighted by Gasteiger charge is 2.36. The number of hydrogen-bond acceptors (Lipinski definition) is 5. The van der Waals surface area contributed by atoms with E-state index in [1.165, 1.54) is 29.4 Å². The van der Waals surface area contributed by atoms with Crippen LogP contribution < -0.4 is 10.9 Å². The Balaban J connectivity index is 1.86. The molecule has 0 saturated heterocycles. The summed E-state index contributed by atoms with van der Waals surface area (Å²) in [5.74, 6) is -0.324. The van der Waals surface area contributed by atoms with Crippen molar-refractivity contribution in [2.24, 2.45) is 7.05 Å². The van der Waals surface area contributed by atoms with Crippen LogP contribution >= 0.6 is 0 Å². The average Bonchev–Trinajstić information content (AvgIpc) is 3.28. The van der Waals surface area contributed by atoms with E-state index in [-0.39, 0.29) is 17.9 Å². The molecule has 2 N–H and O–H groups in total. The molecule has 0 aliphatic carbocycles. The van der Waals surface area contributed by atoms with Crippen LogP contribution in [0.2, 0.25) is 0 Å². The summed E-state index contributed by atoms with van der Waals surface area (Å²) in [5, 5.41) is 13.6. The van der Waals surface area contributed by atoms with E-state index in [0.29, 0.717) is 5.56 Å². The zero-order chi connectivity index (χ0) is 17.2. The van der Waals surface area contributed by atoms with E-state index in [9.17, 15) is 14.7 Å². The van der Waals surface area contributed by atoms with E-state index in [1.54, 1.807) is 37.5 Å². The van der Waals surface area contributed by atoms with Crippen LogP contribution in [0, 0.1) is 0 Å². The zero-order valence-electron chi connectivity index (χ0n) is 12.9. The Kier molecular flexibility index (Phi) is 4.09. The Hall–Kier alpha value is -3.06.